The molecule has 0 aliphatic carbocycles. The minimum atomic E-state index is -0.985. The van der Waals surface area contributed by atoms with E-state index in [0.717, 1.165) is 15.9 Å². The number of aromatic nitrogens is 2. The summed E-state index contributed by atoms with van der Waals surface area (Å²) in [7, 11) is 1.81. The fourth-order valence-electron chi connectivity index (χ4n) is 2.14. The third-order valence-corrected chi connectivity index (χ3v) is 4.87. The number of nitrogens with one attached hydrogen (secondary N) is 2. The van der Waals surface area contributed by atoms with Crippen molar-refractivity contribution in [3.63, 3.8) is 0 Å². The summed E-state index contributed by atoms with van der Waals surface area (Å²) >= 11 is 1.31. The van der Waals surface area contributed by atoms with Gasteiger partial charge in [-0.25, -0.2) is 0 Å². The average molecular weight is 352 g/mol. The number of hydrogen-bond acceptors (Lipinski definition) is 5. The maximum absolute atomic E-state index is 12.3. The van der Waals surface area contributed by atoms with Gasteiger partial charge in [0.25, 0.3) is 5.91 Å². The second-order valence-corrected chi connectivity index (χ2v) is 6.75. The topological polar surface area (TPSA) is 113 Å². The Balaban J connectivity index is 1.98. The molecule has 0 saturated heterocycles. The van der Waals surface area contributed by atoms with Gasteiger partial charge >= 0.3 is 5.97 Å². The lowest BCUT2D eigenvalue weighted by Crippen LogP contribution is -2.46. The number of nitrogens with zero attached hydrogens (tertiary/aromatic N) is 2. The van der Waals surface area contributed by atoms with Crippen LogP contribution >= 0.6 is 11.3 Å². The summed E-state index contributed by atoms with van der Waals surface area (Å²) in [6, 6.07) is 0.998. The quantitative estimate of drug-likeness (QED) is 0.715. The Labute approximate surface area is 142 Å². The Morgan fingerprint density at radius 1 is 1.38 bits per heavy atom. The van der Waals surface area contributed by atoms with Crippen LogP contribution in [0.3, 0.4) is 0 Å². The molecular formula is C15H20N4O4S. The van der Waals surface area contributed by atoms with Crippen LogP contribution < -0.4 is 10.6 Å². The van der Waals surface area contributed by atoms with Gasteiger partial charge in [0.2, 0.25) is 5.91 Å². The van der Waals surface area contributed by atoms with Gasteiger partial charge in [0.05, 0.1) is 16.5 Å². The summed E-state index contributed by atoms with van der Waals surface area (Å²) in [4.78, 5) is 36.4. The number of aryl methyl sites for hydroxylation is 2. The lowest BCUT2D eigenvalue weighted by atomic mass is 10.2. The molecule has 0 radical (unpaired) electrons. The predicted molar refractivity (Wildman–Crippen MR) is 90.1 cm³/mol. The molecule has 3 N–H and O–H groups in total. The van der Waals surface area contributed by atoms with E-state index in [1.54, 1.807) is 17.7 Å². The smallest absolute Gasteiger partial charge is 0.308 e. The molecule has 2 rings (SSSR count). The largest absolute Gasteiger partial charge is 0.481 e. The third-order valence-electron chi connectivity index (χ3n) is 3.66. The molecule has 9 heteroatoms. The zero-order valence-electron chi connectivity index (χ0n) is 13.9. The van der Waals surface area contributed by atoms with Gasteiger partial charge in [0, 0.05) is 19.0 Å². The molecule has 2 aromatic heterocycles. The normalized spacial score (nSPS) is 13.5. The summed E-state index contributed by atoms with van der Waals surface area (Å²) in [5.74, 6) is -2.43. The summed E-state index contributed by atoms with van der Waals surface area (Å²) in [5.41, 5.74) is 0.844. The molecule has 24 heavy (non-hydrogen) atoms. The highest BCUT2D eigenvalue weighted by Gasteiger charge is 2.21. The lowest BCUT2D eigenvalue weighted by molar-refractivity contribution is -0.141. The van der Waals surface area contributed by atoms with Crippen molar-refractivity contribution in [3.8, 4) is 0 Å². The van der Waals surface area contributed by atoms with Gasteiger partial charge in [0.15, 0.2) is 0 Å². The van der Waals surface area contributed by atoms with Crippen LogP contribution in [0.2, 0.25) is 0 Å². The highest BCUT2D eigenvalue weighted by Crippen LogP contribution is 2.27. The van der Waals surface area contributed by atoms with Crippen molar-refractivity contribution in [1.82, 2.24) is 20.4 Å². The van der Waals surface area contributed by atoms with Crippen molar-refractivity contribution >= 4 is 39.3 Å². The second-order valence-electron chi connectivity index (χ2n) is 5.72. The Kier molecular flexibility index (Phi) is 5.23. The molecule has 130 valence electrons. The van der Waals surface area contributed by atoms with E-state index in [4.69, 9.17) is 5.11 Å². The van der Waals surface area contributed by atoms with E-state index in [-0.39, 0.29) is 12.5 Å². The summed E-state index contributed by atoms with van der Waals surface area (Å²) in [6.07, 6.45) is 0. The first-order valence-corrected chi connectivity index (χ1v) is 8.27. The van der Waals surface area contributed by atoms with E-state index in [2.05, 4.69) is 15.7 Å². The monoisotopic (exact) mass is 352 g/mol. The summed E-state index contributed by atoms with van der Waals surface area (Å²) in [6.45, 7) is 4.94. The van der Waals surface area contributed by atoms with Gasteiger partial charge in [0.1, 0.15) is 10.9 Å². The zero-order chi connectivity index (χ0) is 18.0. The third kappa shape index (κ3) is 3.73. The molecule has 2 unspecified atom stereocenters. The van der Waals surface area contributed by atoms with E-state index in [9.17, 15) is 14.4 Å². The highest BCUT2D eigenvalue weighted by atomic mass is 32.1. The molecule has 0 spiro atoms. The predicted octanol–water partition coefficient (Wildman–Crippen LogP) is 0.898. The number of rotatable bonds is 6. The number of fused-ring (bicyclic) bond motifs is 1. The number of carboxylic acids is 1. The fourth-order valence-corrected chi connectivity index (χ4v) is 3.17. The molecule has 0 aliphatic heterocycles. The highest BCUT2D eigenvalue weighted by molar-refractivity contribution is 7.20. The first-order valence-electron chi connectivity index (χ1n) is 7.45. The lowest BCUT2D eigenvalue weighted by Gasteiger charge is -2.14. The molecule has 0 fully saturated rings. The molecule has 2 aromatic rings. The average Bonchev–Trinajstić information content (AvgIpc) is 3.06. The van der Waals surface area contributed by atoms with Crippen LogP contribution in [0, 0.1) is 12.8 Å². The molecule has 0 aromatic carbocycles. The van der Waals surface area contributed by atoms with Crippen molar-refractivity contribution in [2.75, 3.05) is 6.54 Å². The Bertz CT molecular complexity index is 760. The van der Waals surface area contributed by atoms with Crippen LogP contribution in [0.1, 0.15) is 29.2 Å². The number of carbonyl (C=O) groups is 3. The minimum Gasteiger partial charge on any atom is -0.481 e. The SMILES string of the molecule is Cc1nn(C)c2sc(C(=O)NC(C)C(=O)NCC(C)C(=O)O)cc12. The zero-order valence-corrected chi connectivity index (χ0v) is 14.7. The van der Waals surface area contributed by atoms with Gasteiger partial charge < -0.3 is 15.7 Å². The van der Waals surface area contributed by atoms with E-state index in [1.807, 2.05) is 14.0 Å². The van der Waals surface area contributed by atoms with E-state index < -0.39 is 23.8 Å². The number of carboxylic acid groups (broad SMARTS) is 1. The molecule has 0 saturated carbocycles. The molecule has 0 bridgehead atoms. The van der Waals surface area contributed by atoms with Crippen LogP contribution in [0.25, 0.3) is 10.2 Å². The van der Waals surface area contributed by atoms with E-state index in [0.29, 0.717) is 4.88 Å². The van der Waals surface area contributed by atoms with Crippen molar-refractivity contribution in [2.24, 2.45) is 13.0 Å². The van der Waals surface area contributed by atoms with Crippen molar-refractivity contribution in [1.29, 1.82) is 0 Å². The van der Waals surface area contributed by atoms with Crippen LogP contribution in [-0.4, -0.2) is 45.3 Å². The van der Waals surface area contributed by atoms with Crippen LogP contribution in [0.4, 0.5) is 0 Å². The minimum absolute atomic E-state index is 0.0160. The standard InChI is InChI=1S/C15H20N4O4S/c1-7(15(22)23)6-16-12(20)9(3)17-13(21)11-5-10-8(2)18-19(4)14(10)24-11/h5,7,9H,6H2,1-4H3,(H,16,20)(H,17,21)(H,22,23). The first kappa shape index (κ1) is 17.9. The maximum Gasteiger partial charge on any atom is 0.308 e. The Morgan fingerprint density at radius 3 is 2.62 bits per heavy atom. The van der Waals surface area contributed by atoms with Crippen molar-refractivity contribution < 1.29 is 19.5 Å². The van der Waals surface area contributed by atoms with E-state index in [1.165, 1.54) is 18.3 Å². The second kappa shape index (κ2) is 7.00. The molecule has 2 amide bonds. The number of aliphatic carboxylic acids is 1. The summed E-state index contributed by atoms with van der Waals surface area (Å²) < 4.78 is 1.72. The number of carbonyl (C=O) groups excluding carboxylic acids is 2. The van der Waals surface area contributed by atoms with Gasteiger partial charge in [-0.15, -0.1) is 11.3 Å². The van der Waals surface area contributed by atoms with Crippen LogP contribution in [0.5, 0.6) is 0 Å². The van der Waals surface area contributed by atoms with Gasteiger partial charge in [-0.1, -0.05) is 6.92 Å². The van der Waals surface area contributed by atoms with Gasteiger partial charge in [-0.3, -0.25) is 19.1 Å². The van der Waals surface area contributed by atoms with Gasteiger partial charge in [-0.2, -0.15) is 5.10 Å². The molecule has 2 atom stereocenters. The van der Waals surface area contributed by atoms with Crippen molar-refractivity contribution in [3.05, 3.63) is 16.6 Å². The molecule has 2 heterocycles. The Morgan fingerprint density at radius 2 is 2.04 bits per heavy atom. The Hall–Kier alpha value is -2.42. The van der Waals surface area contributed by atoms with Crippen LogP contribution in [0.15, 0.2) is 6.07 Å². The van der Waals surface area contributed by atoms with Crippen molar-refractivity contribution in [2.45, 2.75) is 26.8 Å². The number of thiophene rings is 1. The number of hydrogen-bond donors (Lipinski definition) is 3. The van der Waals surface area contributed by atoms with Crippen LogP contribution in [-0.2, 0) is 16.6 Å². The molecule has 8 nitrogen and oxygen atoms in total. The fraction of sp³-hybridized carbons (Fsp3) is 0.467. The van der Waals surface area contributed by atoms with Gasteiger partial charge in [-0.05, 0) is 19.9 Å². The molecular weight excluding hydrogens is 332 g/mol. The molecule has 0 aliphatic rings. The van der Waals surface area contributed by atoms with E-state index >= 15 is 0 Å². The first-order chi connectivity index (χ1) is 11.2. The maximum atomic E-state index is 12.3. The summed E-state index contributed by atoms with van der Waals surface area (Å²) in [5, 5.41) is 19.1. The number of amides is 2.